The number of carbonyl (C=O) groups is 2. The number of urea groups is 1. The van der Waals surface area contributed by atoms with Gasteiger partial charge in [-0.15, -0.1) is 0 Å². The van der Waals surface area contributed by atoms with E-state index in [1.807, 2.05) is 24.3 Å². The molecule has 2 amide bonds. The molecule has 0 heterocycles. The zero-order valence-electron chi connectivity index (χ0n) is 14.1. The van der Waals surface area contributed by atoms with Gasteiger partial charge in [-0.05, 0) is 42.7 Å². The van der Waals surface area contributed by atoms with Gasteiger partial charge in [0.25, 0.3) is 0 Å². The lowest BCUT2D eigenvalue weighted by Gasteiger charge is -2.12. The van der Waals surface area contributed by atoms with Crippen LogP contribution in [0.4, 0.5) is 16.2 Å². The number of hydrogen-bond donors (Lipinski definition) is 2. The Morgan fingerprint density at radius 1 is 1.00 bits per heavy atom. The van der Waals surface area contributed by atoms with E-state index in [0.717, 1.165) is 0 Å². The minimum absolute atomic E-state index is 0.279. The monoisotopic (exact) mass is 326 g/mol. The Balaban J connectivity index is 2.06. The van der Waals surface area contributed by atoms with Gasteiger partial charge in [0.15, 0.2) is 0 Å². The zero-order chi connectivity index (χ0) is 17.5. The zero-order valence-corrected chi connectivity index (χ0v) is 14.1. The van der Waals surface area contributed by atoms with E-state index in [1.165, 1.54) is 5.56 Å². The van der Waals surface area contributed by atoms with Gasteiger partial charge >= 0.3 is 12.0 Å². The molecule has 2 N–H and O–H groups in total. The van der Waals surface area contributed by atoms with Gasteiger partial charge in [-0.1, -0.05) is 38.1 Å². The maximum Gasteiger partial charge on any atom is 0.340 e. The highest BCUT2D eigenvalue weighted by Crippen LogP contribution is 2.19. The molecule has 0 saturated carbocycles. The molecule has 126 valence electrons. The molecular formula is C19H22N2O3. The molecule has 0 spiro atoms. The van der Waals surface area contributed by atoms with Gasteiger partial charge in [0, 0.05) is 5.69 Å². The summed E-state index contributed by atoms with van der Waals surface area (Å²) in [5, 5.41) is 5.44. The summed E-state index contributed by atoms with van der Waals surface area (Å²) in [6.07, 6.45) is 0. The minimum atomic E-state index is -0.463. The maximum absolute atomic E-state index is 12.2. The number of hydrogen-bond acceptors (Lipinski definition) is 3. The van der Waals surface area contributed by atoms with Gasteiger partial charge in [0.2, 0.25) is 0 Å². The van der Waals surface area contributed by atoms with E-state index in [-0.39, 0.29) is 6.61 Å². The van der Waals surface area contributed by atoms with Crippen LogP contribution in [-0.4, -0.2) is 18.6 Å². The van der Waals surface area contributed by atoms with Gasteiger partial charge in [0.05, 0.1) is 17.9 Å². The number of rotatable bonds is 5. The number of para-hydroxylation sites is 1. The summed E-state index contributed by atoms with van der Waals surface area (Å²) in [5.41, 5.74) is 2.62. The predicted molar refractivity (Wildman–Crippen MR) is 95.6 cm³/mol. The van der Waals surface area contributed by atoms with Crippen LogP contribution in [0, 0.1) is 0 Å². The van der Waals surface area contributed by atoms with Gasteiger partial charge < -0.3 is 15.4 Å². The first-order valence-corrected chi connectivity index (χ1v) is 7.95. The van der Waals surface area contributed by atoms with E-state index in [0.29, 0.717) is 22.9 Å². The largest absolute Gasteiger partial charge is 0.462 e. The van der Waals surface area contributed by atoms with Crippen LogP contribution in [0.2, 0.25) is 0 Å². The molecule has 2 aromatic rings. The molecule has 2 aromatic carbocycles. The summed E-state index contributed by atoms with van der Waals surface area (Å²) >= 11 is 0. The Hall–Kier alpha value is -2.82. The molecule has 24 heavy (non-hydrogen) atoms. The number of carbonyl (C=O) groups excluding carboxylic acids is 2. The first kappa shape index (κ1) is 17.5. The lowest BCUT2D eigenvalue weighted by Crippen LogP contribution is -2.21. The van der Waals surface area contributed by atoms with Crippen LogP contribution in [0.15, 0.2) is 48.5 Å². The Morgan fingerprint density at radius 3 is 2.29 bits per heavy atom. The van der Waals surface area contributed by atoms with Crippen molar-refractivity contribution >= 4 is 23.4 Å². The molecule has 0 saturated heterocycles. The third-order valence-electron chi connectivity index (χ3n) is 3.51. The molecule has 0 fully saturated rings. The van der Waals surface area contributed by atoms with E-state index in [1.54, 1.807) is 31.2 Å². The average molecular weight is 326 g/mol. The molecule has 0 bridgehead atoms. The number of anilines is 2. The predicted octanol–water partition coefficient (Wildman–Crippen LogP) is 4.63. The van der Waals surface area contributed by atoms with E-state index < -0.39 is 12.0 Å². The van der Waals surface area contributed by atoms with Crippen molar-refractivity contribution in [3.05, 3.63) is 59.7 Å². The molecule has 0 aliphatic heterocycles. The van der Waals surface area contributed by atoms with E-state index in [9.17, 15) is 9.59 Å². The highest BCUT2D eigenvalue weighted by molar-refractivity contribution is 6.05. The van der Waals surface area contributed by atoms with Crippen LogP contribution in [-0.2, 0) is 4.74 Å². The van der Waals surface area contributed by atoms with Crippen molar-refractivity contribution in [3.63, 3.8) is 0 Å². The van der Waals surface area contributed by atoms with Crippen molar-refractivity contribution in [2.75, 3.05) is 17.2 Å². The molecule has 2 rings (SSSR count). The third kappa shape index (κ3) is 4.59. The standard InChI is InChI=1S/C19H22N2O3/c1-4-24-18(22)16-7-5-6-8-17(16)21-19(23)20-15-11-9-14(10-12-15)13(2)3/h5-13H,4H2,1-3H3,(H2,20,21,23). The fraction of sp³-hybridized carbons (Fsp3) is 0.263. The first-order valence-electron chi connectivity index (χ1n) is 7.95. The average Bonchev–Trinajstić information content (AvgIpc) is 2.56. The minimum Gasteiger partial charge on any atom is -0.462 e. The van der Waals surface area contributed by atoms with Crippen LogP contribution in [0.5, 0.6) is 0 Å². The smallest absolute Gasteiger partial charge is 0.340 e. The molecule has 0 aliphatic carbocycles. The Bertz CT molecular complexity index is 709. The highest BCUT2D eigenvalue weighted by Gasteiger charge is 2.13. The van der Waals surface area contributed by atoms with Crippen LogP contribution in [0.3, 0.4) is 0 Å². The molecule has 0 atom stereocenters. The van der Waals surface area contributed by atoms with Gasteiger partial charge in [-0.2, -0.15) is 0 Å². The molecule has 0 unspecified atom stereocenters. The SMILES string of the molecule is CCOC(=O)c1ccccc1NC(=O)Nc1ccc(C(C)C)cc1. The number of amides is 2. The summed E-state index contributed by atoms with van der Waals surface area (Å²) in [7, 11) is 0. The van der Waals surface area contributed by atoms with Crippen molar-refractivity contribution < 1.29 is 14.3 Å². The summed E-state index contributed by atoms with van der Waals surface area (Å²) in [6.45, 7) is 6.24. The first-order chi connectivity index (χ1) is 11.5. The Labute approximate surface area is 142 Å². The van der Waals surface area contributed by atoms with Gasteiger partial charge in [-0.25, -0.2) is 9.59 Å². The topological polar surface area (TPSA) is 67.4 Å². The maximum atomic E-state index is 12.2. The lowest BCUT2D eigenvalue weighted by atomic mass is 10.0. The summed E-state index contributed by atoms with van der Waals surface area (Å²) in [6, 6.07) is 14.0. The van der Waals surface area contributed by atoms with Crippen LogP contribution in [0.1, 0.15) is 42.6 Å². The molecule has 0 radical (unpaired) electrons. The van der Waals surface area contributed by atoms with E-state index >= 15 is 0 Å². The van der Waals surface area contributed by atoms with Crippen LogP contribution >= 0.6 is 0 Å². The quantitative estimate of drug-likeness (QED) is 0.787. The normalized spacial score (nSPS) is 10.3. The van der Waals surface area contributed by atoms with Crippen LogP contribution in [0.25, 0.3) is 0 Å². The second-order valence-corrected chi connectivity index (χ2v) is 5.62. The fourth-order valence-corrected chi connectivity index (χ4v) is 2.21. The second kappa shape index (κ2) is 8.15. The summed E-state index contributed by atoms with van der Waals surface area (Å²) in [4.78, 5) is 24.1. The summed E-state index contributed by atoms with van der Waals surface area (Å²) in [5.74, 6) is -0.0287. The van der Waals surface area contributed by atoms with E-state index in [4.69, 9.17) is 4.74 Å². The number of benzene rings is 2. The van der Waals surface area contributed by atoms with Crippen molar-refractivity contribution in [2.24, 2.45) is 0 Å². The van der Waals surface area contributed by atoms with Crippen molar-refractivity contribution in [2.45, 2.75) is 26.7 Å². The van der Waals surface area contributed by atoms with Gasteiger partial charge in [0.1, 0.15) is 0 Å². The Kier molecular flexibility index (Phi) is 5.95. The van der Waals surface area contributed by atoms with Crippen LogP contribution < -0.4 is 10.6 Å². The molecule has 5 heteroatoms. The van der Waals surface area contributed by atoms with E-state index in [2.05, 4.69) is 24.5 Å². The molecule has 0 aliphatic rings. The van der Waals surface area contributed by atoms with Crippen molar-refractivity contribution in [3.8, 4) is 0 Å². The molecule has 0 aromatic heterocycles. The number of esters is 1. The second-order valence-electron chi connectivity index (χ2n) is 5.62. The highest BCUT2D eigenvalue weighted by atomic mass is 16.5. The Morgan fingerprint density at radius 2 is 1.67 bits per heavy atom. The van der Waals surface area contributed by atoms with Crippen molar-refractivity contribution in [1.29, 1.82) is 0 Å². The van der Waals surface area contributed by atoms with Crippen molar-refractivity contribution in [1.82, 2.24) is 0 Å². The fourth-order valence-electron chi connectivity index (χ4n) is 2.21. The number of ether oxygens (including phenoxy) is 1. The number of nitrogens with one attached hydrogen (secondary N) is 2. The third-order valence-corrected chi connectivity index (χ3v) is 3.51. The molecule has 5 nitrogen and oxygen atoms in total. The van der Waals surface area contributed by atoms with Gasteiger partial charge in [-0.3, -0.25) is 0 Å². The summed E-state index contributed by atoms with van der Waals surface area (Å²) < 4.78 is 4.99. The lowest BCUT2D eigenvalue weighted by molar-refractivity contribution is 0.0527. The molecular weight excluding hydrogens is 304 g/mol.